The minimum atomic E-state index is -1.72. The average Bonchev–Trinajstić information content (AvgIpc) is 3.03. The molecule has 0 saturated heterocycles. The zero-order valence-electron chi connectivity index (χ0n) is 20.2. The molecule has 3 fully saturated rings. The molecule has 0 heterocycles. The summed E-state index contributed by atoms with van der Waals surface area (Å²) in [4.78, 5) is 47.8. The Morgan fingerprint density at radius 2 is 1.88 bits per heavy atom. The molecule has 0 bridgehead atoms. The van der Waals surface area contributed by atoms with E-state index in [2.05, 4.69) is 13.8 Å². The van der Waals surface area contributed by atoms with E-state index in [1.807, 2.05) is 6.92 Å². The summed E-state index contributed by atoms with van der Waals surface area (Å²) in [6, 6.07) is 0. The van der Waals surface area contributed by atoms with Gasteiger partial charge in [0.15, 0.2) is 12.4 Å². The van der Waals surface area contributed by atoms with Crippen LogP contribution in [0.25, 0.3) is 0 Å². The molecule has 0 spiro atoms. The van der Waals surface area contributed by atoms with E-state index in [-0.39, 0.29) is 60.6 Å². The molecular formula is C26H36O8. The predicted molar refractivity (Wildman–Crippen MR) is 120 cm³/mol. The Labute approximate surface area is 199 Å². The Kier molecular flexibility index (Phi) is 6.30. The third-order valence-corrected chi connectivity index (χ3v) is 9.73. The second-order valence-corrected chi connectivity index (χ2v) is 11.5. The molecular weight excluding hydrogens is 440 g/mol. The summed E-state index contributed by atoms with van der Waals surface area (Å²) < 4.78 is 4.99. The number of ketones is 2. The molecule has 0 unspecified atom stereocenters. The lowest BCUT2D eigenvalue weighted by Crippen LogP contribution is -2.62. The summed E-state index contributed by atoms with van der Waals surface area (Å²) in [5.41, 5.74) is -1.73. The van der Waals surface area contributed by atoms with Gasteiger partial charge in [-0.25, -0.2) is 0 Å². The molecule has 4 aliphatic carbocycles. The van der Waals surface area contributed by atoms with Crippen molar-refractivity contribution >= 4 is 23.5 Å². The lowest BCUT2D eigenvalue weighted by atomic mass is 9.44. The van der Waals surface area contributed by atoms with E-state index in [4.69, 9.17) is 9.84 Å². The lowest BCUT2D eigenvalue weighted by Gasteiger charge is -2.61. The van der Waals surface area contributed by atoms with Crippen molar-refractivity contribution < 1.29 is 39.2 Å². The number of carbonyl (C=O) groups excluding carboxylic acids is 3. The van der Waals surface area contributed by atoms with Crippen LogP contribution in [0.1, 0.15) is 72.1 Å². The molecule has 0 radical (unpaired) electrons. The van der Waals surface area contributed by atoms with Gasteiger partial charge in [-0.05, 0) is 67.3 Å². The van der Waals surface area contributed by atoms with Crippen LogP contribution in [0.15, 0.2) is 11.6 Å². The van der Waals surface area contributed by atoms with E-state index in [1.165, 1.54) is 0 Å². The number of allylic oxidation sites excluding steroid dienone is 1. The fourth-order valence-corrected chi connectivity index (χ4v) is 8.13. The highest BCUT2D eigenvalue weighted by Gasteiger charge is 2.68. The molecule has 0 aliphatic heterocycles. The van der Waals surface area contributed by atoms with Gasteiger partial charge in [0.25, 0.3) is 0 Å². The molecule has 8 heteroatoms. The molecule has 0 amide bonds. The van der Waals surface area contributed by atoms with Crippen molar-refractivity contribution in [2.24, 2.45) is 34.5 Å². The number of fused-ring (bicyclic) bond motifs is 5. The van der Waals surface area contributed by atoms with Gasteiger partial charge in [0.2, 0.25) is 5.78 Å². The summed E-state index contributed by atoms with van der Waals surface area (Å²) in [6.45, 7) is 5.55. The standard InChI is InChI=1S/C26H36O8/c1-14-10-16-17-7-9-26(33,20(29)13-34-22(32)5-4-21(30)31)25(17,3)12-19(28)23(16)24(2)8-6-15(27)11-18(14)24/h11,14,16-17,19,23,28,33H,4-10,12-13H2,1-3H3,(H,30,31)/t14-,16-,17-,19-,23+,24-,25-,26-/m0/s1. The summed E-state index contributed by atoms with van der Waals surface area (Å²) in [6.07, 6.45) is 3.46. The molecule has 8 atom stereocenters. The van der Waals surface area contributed by atoms with Gasteiger partial charge in [-0.2, -0.15) is 0 Å². The van der Waals surface area contributed by atoms with Gasteiger partial charge >= 0.3 is 11.9 Å². The minimum Gasteiger partial charge on any atom is -0.481 e. The van der Waals surface area contributed by atoms with Crippen LogP contribution >= 0.6 is 0 Å². The summed E-state index contributed by atoms with van der Waals surface area (Å²) in [5, 5.41) is 31.8. The molecule has 0 aromatic rings. The highest BCUT2D eigenvalue weighted by atomic mass is 16.5. The number of carbonyl (C=O) groups is 4. The lowest BCUT2D eigenvalue weighted by molar-refractivity contribution is -0.186. The number of hydrogen-bond donors (Lipinski definition) is 3. The van der Waals surface area contributed by atoms with Crippen LogP contribution in [-0.4, -0.2) is 57.1 Å². The first-order valence-corrected chi connectivity index (χ1v) is 12.4. The van der Waals surface area contributed by atoms with Crippen LogP contribution in [0.4, 0.5) is 0 Å². The van der Waals surface area contributed by atoms with E-state index in [9.17, 15) is 29.4 Å². The highest BCUT2D eigenvalue weighted by Crippen LogP contribution is 2.68. The molecule has 0 aromatic heterocycles. The van der Waals surface area contributed by atoms with Crippen LogP contribution in [0.3, 0.4) is 0 Å². The van der Waals surface area contributed by atoms with Crippen LogP contribution in [0.2, 0.25) is 0 Å². The molecule has 34 heavy (non-hydrogen) atoms. The van der Waals surface area contributed by atoms with Crippen LogP contribution in [0.5, 0.6) is 0 Å². The Balaban J connectivity index is 1.56. The molecule has 3 saturated carbocycles. The first-order valence-electron chi connectivity index (χ1n) is 12.4. The van der Waals surface area contributed by atoms with Crippen LogP contribution in [0, 0.1) is 34.5 Å². The predicted octanol–water partition coefficient (Wildman–Crippen LogP) is 2.44. The van der Waals surface area contributed by atoms with Crippen molar-refractivity contribution in [3.05, 3.63) is 11.6 Å². The third-order valence-electron chi connectivity index (χ3n) is 9.73. The van der Waals surface area contributed by atoms with Gasteiger partial charge in [-0.3, -0.25) is 19.2 Å². The number of hydrogen-bond acceptors (Lipinski definition) is 7. The molecule has 8 nitrogen and oxygen atoms in total. The number of aliphatic hydroxyl groups excluding tert-OH is 1. The number of Topliss-reactive ketones (excluding diaryl/α,β-unsaturated/α-hetero) is 1. The zero-order chi connectivity index (χ0) is 25.1. The molecule has 0 aromatic carbocycles. The van der Waals surface area contributed by atoms with E-state index in [0.29, 0.717) is 19.3 Å². The summed E-state index contributed by atoms with van der Waals surface area (Å²) in [5.74, 6) is -2.08. The van der Waals surface area contributed by atoms with Gasteiger partial charge in [-0.1, -0.05) is 26.3 Å². The molecule has 4 rings (SSSR count). The van der Waals surface area contributed by atoms with Gasteiger partial charge in [-0.15, -0.1) is 0 Å². The number of aliphatic carboxylic acids is 1. The monoisotopic (exact) mass is 476 g/mol. The first kappa shape index (κ1) is 25.0. The number of ether oxygens (including phenoxy) is 1. The smallest absolute Gasteiger partial charge is 0.306 e. The second-order valence-electron chi connectivity index (χ2n) is 11.5. The van der Waals surface area contributed by atoms with Gasteiger partial charge in [0.1, 0.15) is 5.60 Å². The molecule has 188 valence electrons. The fraction of sp³-hybridized carbons (Fsp3) is 0.769. The Hall–Kier alpha value is -2.06. The summed E-state index contributed by atoms with van der Waals surface area (Å²) >= 11 is 0. The van der Waals surface area contributed by atoms with Gasteiger partial charge < -0.3 is 20.1 Å². The Bertz CT molecular complexity index is 939. The molecule has 3 N–H and O–H groups in total. The normalized spacial score (nSPS) is 43.3. The summed E-state index contributed by atoms with van der Waals surface area (Å²) in [7, 11) is 0. The largest absolute Gasteiger partial charge is 0.481 e. The van der Waals surface area contributed by atoms with Crippen LogP contribution < -0.4 is 0 Å². The van der Waals surface area contributed by atoms with Crippen molar-refractivity contribution in [3.63, 3.8) is 0 Å². The maximum Gasteiger partial charge on any atom is 0.306 e. The van der Waals surface area contributed by atoms with Crippen molar-refractivity contribution in [3.8, 4) is 0 Å². The van der Waals surface area contributed by atoms with Crippen molar-refractivity contribution in [1.82, 2.24) is 0 Å². The maximum absolute atomic E-state index is 13.2. The minimum absolute atomic E-state index is 0.0241. The Morgan fingerprint density at radius 1 is 1.18 bits per heavy atom. The second kappa shape index (κ2) is 8.55. The maximum atomic E-state index is 13.2. The third kappa shape index (κ3) is 3.73. The number of carboxylic acids is 1. The van der Waals surface area contributed by atoms with E-state index >= 15 is 0 Å². The highest BCUT2D eigenvalue weighted by molar-refractivity contribution is 5.92. The van der Waals surface area contributed by atoms with Crippen LogP contribution in [-0.2, 0) is 23.9 Å². The van der Waals surface area contributed by atoms with E-state index in [0.717, 1.165) is 12.0 Å². The van der Waals surface area contributed by atoms with Crippen molar-refractivity contribution in [1.29, 1.82) is 0 Å². The number of carboxylic acid groups (broad SMARTS) is 1. The topological polar surface area (TPSA) is 138 Å². The first-order chi connectivity index (χ1) is 15.8. The number of aliphatic hydroxyl groups is 2. The Morgan fingerprint density at radius 3 is 2.56 bits per heavy atom. The number of esters is 1. The SMILES string of the molecule is C[C@H]1C[C@@H]2[C@H]([C@@H](O)C[C@@]3(C)[C@H]2CC[C@]3(O)C(=O)COC(=O)CCC(=O)O)[C@@]2(C)CCC(=O)C=C12. The van der Waals surface area contributed by atoms with Crippen molar-refractivity contribution in [2.75, 3.05) is 6.61 Å². The van der Waals surface area contributed by atoms with Gasteiger partial charge in [0.05, 0.1) is 18.9 Å². The zero-order valence-corrected chi connectivity index (χ0v) is 20.2. The van der Waals surface area contributed by atoms with E-state index in [1.54, 1.807) is 6.08 Å². The quantitative estimate of drug-likeness (QED) is 0.497. The van der Waals surface area contributed by atoms with Crippen molar-refractivity contribution in [2.45, 2.75) is 83.8 Å². The van der Waals surface area contributed by atoms with E-state index < -0.39 is 41.4 Å². The fourth-order valence-electron chi connectivity index (χ4n) is 8.13. The van der Waals surface area contributed by atoms with Gasteiger partial charge in [0, 0.05) is 11.8 Å². The average molecular weight is 477 g/mol. The molecule has 4 aliphatic rings. The number of rotatable bonds is 6.